The number of hydrogen-bond acceptors (Lipinski definition) is 4. The van der Waals surface area contributed by atoms with Gasteiger partial charge in [0.05, 0.1) is 12.5 Å². The van der Waals surface area contributed by atoms with E-state index in [2.05, 4.69) is 11.3 Å². The van der Waals surface area contributed by atoms with Crippen molar-refractivity contribution >= 4 is 5.97 Å². The van der Waals surface area contributed by atoms with E-state index >= 15 is 0 Å². The molecule has 0 fully saturated rings. The van der Waals surface area contributed by atoms with E-state index < -0.39 is 12.1 Å². The van der Waals surface area contributed by atoms with Crippen LogP contribution in [-0.2, 0) is 9.53 Å². The molecular weight excluding hydrogens is 158 g/mol. The second kappa shape index (κ2) is 5.33. The van der Waals surface area contributed by atoms with Crippen molar-refractivity contribution in [3.63, 3.8) is 0 Å². The number of carbonyl (C=O) groups excluding carboxylic acids is 1. The van der Waals surface area contributed by atoms with Crippen molar-refractivity contribution in [3.8, 4) is 6.07 Å². The molecule has 0 aromatic heterocycles. The van der Waals surface area contributed by atoms with Crippen molar-refractivity contribution in [1.29, 1.82) is 5.26 Å². The van der Waals surface area contributed by atoms with Gasteiger partial charge in [-0.15, -0.1) is 0 Å². The van der Waals surface area contributed by atoms with Crippen LogP contribution < -0.4 is 0 Å². The molecule has 0 aliphatic rings. The fourth-order valence-electron chi connectivity index (χ4n) is 0.459. The lowest BCUT2D eigenvalue weighted by molar-refractivity contribution is -0.141. The highest BCUT2D eigenvalue weighted by Crippen LogP contribution is 1.96. The Morgan fingerprint density at radius 1 is 1.83 bits per heavy atom. The molecule has 0 spiro atoms. The summed E-state index contributed by atoms with van der Waals surface area (Å²) in [6.45, 7) is 4.72. The zero-order chi connectivity index (χ0) is 9.56. The predicted molar refractivity (Wildman–Crippen MR) is 42.0 cm³/mol. The van der Waals surface area contributed by atoms with E-state index in [-0.39, 0.29) is 18.6 Å². The molecule has 0 aromatic rings. The van der Waals surface area contributed by atoms with Crippen LogP contribution in [0.2, 0.25) is 0 Å². The van der Waals surface area contributed by atoms with E-state index in [4.69, 9.17) is 10.4 Å². The number of aliphatic hydroxyl groups is 1. The fourth-order valence-corrected chi connectivity index (χ4v) is 0.459. The third-order valence-electron chi connectivity index (χ3n) is 1.08. The van der Waals surface area contributed by atoms with Crippen molar-refractivity contribution in [3.05, 3.63) is 12.2 Å². The summed E-state index contributed by atoms with van der Waals surface area (Å²) in [6.07, 6.45) is -0.943. The average Bonchev–Trinajstić information content (AvgIpc) is 2.00. The van der Waals surface area contributed by atoms with Crippen LogP contribution in [0.15, 0.2) is 12.2 Å². The zero-order valence-electron chi connectivity index (χ0n) is 6.91. The van der Waals surface area contributed by atoms with Crippen LogP contribution in [-0.4, -0.2) is 23.8 Å². The first kappa shape index (κ1) is 10.7. The van der Waals surface area contributed by atoms with Gasteiger partial charge in [-0.05, 0) is 6.92 Å². The molecule has 12 heavy (non-hydrogen) atoms. The quantitative estimate of drug-likeness (QED) is 0.488. The van der Waals surface area contributed by atoms with Gasteiger partial charge in [-0.25, -0.2) is 4.79 Å². The molecule has 0 radical (unpaired) electrons. The summed E-state index contributed by atoms with van der Waals surface area (Å²) in [5, 5.41) is 17.1. The maximum Gasteiger partial charge on any atom is 0.333 e. The van der Waals surface area contributed by atoms with E-state index in [1.165, 1.54) is 6.92 Å². The summed E-state index contributed by atoms with van der Waals surface area (Å²) in [4.78, 5) is 10.7. The lowest BCUT2D eigenvalue weighted by atomic mass is 10.3. The van der Waals surface area contributed by atoms with Gasteiger partial charge < -0.3 is 9.84 Å². The predicted octanol–water partition coefficient (Wildman–Crippen LogP) is 0.380. The molecule has 0 amide bonds. The summed E-state index contributed by atoms with van der Waals surface area (Å²) < 4.78 is 4.58. The van der Waals surface area contributed by atoms with Crippen molar-refractivity contribution in [2.45, 2.75) is 19.4 Å². The minimum absolute atomic E-state index is 0.0382. The van der Waals surface area contributed by atoms with Crippen LogP contribution in [0.3, 0.4) is 0 Å². The number of esters is 1. The monoisotopic (exact) mass is 169 g/mol. The first-order chi connectivity index (χ1) is 5.57. The van der Waals surface area contributed by atoms with Crippen LogP contribution in [0, 0.1) is 11.3 Å². The molecule has 0 aromatic carbocycles. The Morgan fingerprint density at radius 2 is 2.42 bits per heavy atom. The Labute approximate surface area is 71.1 Å². The molecule has 0 aliphatic carbocycles. The molecule has 1 atom stereocenters. The fraction of sp³-hybridized carbons (Fsp3) is 0.500. The van der Waals surface area contributed by atoms with Crippen LogP contribution in [0.5, 0.6) is 0 Å². The average molecular weight is 169 g/mol. The van der Waals surface area contributed by atoms with Gasteiger partial charge in [0, 0.05) is 5.57 Å². The first-order valence-electron chi connectivity index (χ1n) is 3.45. The van der Waals surface area contributed by atoms with E-state index in [0.29, 0.717) is 0 Å². The number of hydrogen-bond donors (Lipinski definition) is 1. The minimum atomic E-state index is -0.904. The highest BCUT2D eigenvalue weighted by atomic mass is 16.5. The summed E-state index contributed by atoms with van der Waals surface area (Å²) >= 11 is 0. The van der Waals surface area contributed by atoms with E-state index in [1.54, 1.807) is 6.07 Å². The smallest absolute Gasteiger partial charge is 0.333 e. The maximum atomic E-state index is 10.7. The van der Waals surface area contributed by atoms with Gasteiger partial charge in [-0.1, -0.05) is 6.58 Å². The zero-order valence-corrected chi connectivity index (χ0v) is 6.91. The Kier molecular flexibility index (Phi) is 4.73. The normalized spacial score (nSPS) is 11.4. The Balaban J connectivity index is 3.63. The molecular formula is C8H11NO3. The Morgan fingerprint density at radius 3 is 2.83 bits per heavy atom. The second-order valence-corrected chi connectivity index (χ2v) is 2.39. The SMILES string of the molecule is C=C(C)C(=O)OCC(O)CC#N. The van der Waals surface area contributed by atoms with Gasteiger partial charge in [0.15, 0.2) is 0 Å². The van der Waals surface area contributed by atoms with Gasteiger partial charge >= 0.3 is 5.97 Å². The second-order valence-electron chi connectivity index (χ2n) is 2.39. The Hall–Kier alpha value is -1.34. The van der Waals surface area contributed by atoms with Gasteiger partial charge in [-0.2, -0.15) is 5.26 Å². The highest BCUT2D eigenvalue weighted by molar-refractivity contribution is 5.86. The first-order valence-corrected chi connectivity index (χ1v) is 3.45. The molecule has 1 unspecified atom stereocenters. The number of carbonyl (C=O) groups is 1. The van der Waals surface area contributed by atoms with Crippen LogP contribution in [0.25, 0.3) is 0 Å². The molecule has 0 saturated heterocycles. The standard InChI is InChI=1S/C8H11NO3/c1-6(2)8(11)12-5-7(10)3-4-9/h7,10H,1,3,5H2,2H3. The molecule has 4 nitrogen and oxygen atoms in total. The minimum Gasteiger partial charge on any atom is -0.460 e. The van der Waals surface area contributed by atoms with Gasteiger partial charge in [-0.3, -0.25) is 0 Å². The van der Waals surface area contributed by atoms with Gasteiger partial charge in [0.2, 0.25) is 0 Å². The third kappa shape index (κ3) is 4.47. The summed E-state index contributed by atoms with van der Waals surface area (Å²) in [5.41, 5.74) is 0.277. The number of nitrogens with zero attached hydrogens (tertiary/aromatic N) is 1. The molecule has 0 rings (SSSR count). The number of rotatable bonds is 4. The number of nitriles is 1. The molecule has 0 aliphatic heterocycles. The maximum absolute atomic E-state index is 10.7. The van der Waals surface area contributed by atoms with Crippen molar-refractivity contribution < 1.29 is 14.6 Å². The van der Waals surface area contributed by atoms with Crippen molar-refractivity contribution in [2.24, 2.45) is 0 Å². The van der Waals surface area contributed by atoms with Gasteiger partial charge in [0.25, 0.3) is 0 Å². The Bertz CT molecular complexity index is 217. The summed E-state index contributed by atoms with van der Waals surface area (Å²) in [5.74, 6) is -0.549. The van der Waals surface area contributed by atoms with Crippen LogP contribution >= 0.6 is 0 Å². The summed E-state index contributed by atoms with van der Waals surface area (Å²) in [7, 11) is 0. The largest absolute Gasteiger partial charge is 0.460 e. The van der Waals surface area contributed by atoms with E-state index in [9.17, 15) is 4.79 Å². The number of aliphatic hydroxyl groups excluding tert-OH is 1. The lowest BCUT2D eigenvalue weighted by Gasteiger charge is -2.06. The molecule has 0 heterocycles. The van der Waals surface area contributed by atoms with Crippen LogP contribution in [0.1, 0.15) is 13.3 Å². The lowest BCUT2D eigenvalue weighted by Crippen LogP contribution is -2.18. The topological polar surface area (TPSA) is 70.3 Å². The van der Waals surface area contributed by atoms with Gasteiger partial charge in [0.1, 0.15) is 12.7 Å². The van der Waals surface area contributed by atoms with E-state index in [1.807, 2.05) is 0 Å². The molecule has 4 heteroatoms. The van der Waals surface area contributed by atoms with Crippen molar-refractivity contribution in [2.75, 3.05) is 6.61 Å². The third-order valence-corrected chi connectivity index (χ3v) is 1.08. The molecule has 0 saturated carbocycles. The molecule has 66 valence electrons. The van der Waals surface area contributed by atoms with Crippen LogP contribution in [0.4, 0.5) is 0 Å². The van der Waals surface area contributed by atoms with Crippen molar-refractivity contribution in [1.82, 2.24) is 0 Å². The van der Waals surface area contributed by atoms with E-state index in [0.717, 1.165) is 0 Å². The number of ether oxygens (including phenoxy) is 1. The molecule has 0 bridgehead atoms. The summed E-state index contributed by atoms with van der Waals surface area (Å²) in [6, 6.07) is 1.76. The molecule has 1 N–H and O–H groups in total. The highest BCUT2D eigenvalue weighted by Gasteiger charge is 2.08.